The van der Waals surface area contributed by atoms with Crippen molar-refractivity contribution in [2.24, 2.45) is 0 Å². The van der Waals surface area contributed by atoms with Crippen LogP contribution in [0, 0.1) is 0 Å². The standard InChI is InChI=1S/C9H17NO/c1-2-5-10-6-3-9-8(10)4-7-11-9/h8-9H,2-7H2,1H3/t8-,9-/m0/s1. The second-order valence-electron chi connectivity index (χ2n) is 3.59. The highest BCUT2D eigenvalue weighted by atomic mass is 16.5. The summed E-state index contributed by atoms with van der Waals surface area (Å²) in [6.45, 7) is 5.78. The van der Waals surface area contributed by atoms with Crippen molar-refractivity contribution in [3.05, 3.63) is 0 Å². The van der Waals surface area contributed by atoms with Gasteiger partial charge < -0.3 is 4.74 Å². The third-order valence-corrected chi connectivity index (χ3v) is 2.86. The van der Waals surface area contributed by atoms with E-state index >= 15 is 0 Å². The summed E-state index contributed by atoms with van der Waals surface area (Å²) in [4.78, 5) is 2.59. The van der Waals surface area contributed by atoms with Gasteiger partial charge in [0.15, 0.2) is 0 Å². The van der Waals surface area contributed by atoms with Crippen molar-refractivity contribution in [1.29, 1.82) is 0 Å². The van der Waals surface area contributed by atoms with Crippen LogP contribution in [0.2, 0.25) is 0 Å². The molecule has 2 rings (SSSR count). The highest BCUT2D eigenvalue weighted by Crippen LogP contribution is 2.28. The number of rotatable bonds is 2. The van der Waals surface area contributed by atoms with Gasteiger partial charge in [0.2, 0.25) is 0 Å². The van der Waals surface area contributed by atoms with E-state index in [0.717, 1.165) is 12.6 Å². The van der Waals surface area contributed by atoms with Gasteiger partial charge in [-0.05, 0) is 25.8 Å². The quantitative estimate of drug-likeness (QED) is 0.595. The average Bonchev–Trinajstić information content (AvgIpc) is 2.53. The normalized spacial score (nSPS) is 37.9. The lowest BCUT2D eigenvalue weighted by Gasteiger charge is -2.21. The third-order valence-electron chi connectivity index (χ3n) is 2.86. The highest BCUT2D eigenvalue weighted by Gasteiger charge is 2.37. The minimum atomic E-state index is 0.585. The van der Waals surface area contributed by atoms with Gasteiger partial charge in [-0.15, -0.1) is 0 Å². The monoisotopic (exact) mass is 155 g/mol. The molecule has 2 heterocycles. The van der Waals surface area contributed by atoms with Crippen LogP contribution in [0.1, 0.15) is 26.2 Å². The van der Waals surface area contributed by atoms with E-state index in [0.29, 0.717) is 6.10 Å². The van der Waals surface area contributed by atoms with Crippen LogP contribution < -0.4 is 0 Å². The second-order valence-corrected chi connectivity index (χ2v) is 3.59. The van der Waals surface area contributed by atoms with Crippen molar-refractivity contribution >= 4 is 0 Å². The molecule has 0 bridgehead atoms. The Morgan fingerprint density at radius 1 is 1.45 bits per heavy atom. The Hall–Kier alpha value is -0.0800. The molecule has 2 heteroatoms. The molecule has 0 aromatic rings. The number of fused-ring (bicyclic) bond motifs is 1. The molecule has 0 amide bonds. The minimum Gasteiger partial charge on any atom is -0.376 e. The Morgan fingerprint density at radius 2 is 2.36 bits per heavy atom. The summed E-state index contributed by atoms with van der Waals surface area (Å²) >= 11 is 0. The van der Waals surface area contributed by atoms with Gasteiger partial charge in [0.25, 0.3) is 0 Å². The van der Waals surface area contributed by atoms with Gasteiger partial charge in [0, 0.05) is 19.2 Å². The fourth-order valence-corrected chi connectivity index (χ4v) is 2.35. The molecular formula is C9H17NO. The maximum atomic E-state index is 5.61. The van der Waals surface area contributed by atoms with E-state index in [4.69, 9.17) is 4.74 Å². The number of likely N-dealkylation sites (tertiary alicyclic amines) is 1. The van der Waals surface area contributed by atoms with Crippen LogP contribution in [-0.4, -0.2) is 36.7 Å². The zero-order chi connectivity index (χ0) is 7.68. The van der Waals surface area contributed by atoms with Crippen molar-refractivity contribution in [1.82, 2.24) is 4.90 Å². The van der Waals surface area contributed by atoms with E-state index in [9.17, 15) is 0 Å². The Kier molecular flexibility index (Phi) is 2.14. The van der Waals surface area contributed by atoms with Crippen LogP contribution in [0.15, 0.2) is 0 Å². The molecule has 2 aliphatic rings. The molecule has 11 heavy (non-hydrogen) atoms. The first-order valence-electron chi connectivity index (χ1n) is 4.77. The number of hydrogen-bond donors (Lipinski definition) is 0. The fourth-order valence-electron chi connectivity index (χ4n) is 2.35. The van der Waals surface area contributed by atoms with Crippen molar-refractivity contribution in [3.63, 3.8) is 0 Å². The smallest absolute Gasteiger partial charge is 0.0743 e. The predicted octanol–water partition coefficient (Wildman–Crippen LogP) is 1.26. The van der Waals surface area contributed by atoms with Gasteiger partial charge in [-0.2, -0.15) is 0 Å². The van der Waals surface area contributed by atoms with E-state index in [-0.39, 0.29) is 0 Å². The van der Waals surface area contributed by atoms with Crippen LogP contribution in [0.25, 0.3) is 0 Å². The molecule has 0 spiro atoms. The molecule has 2 saturated heterocycles. The van der Waals surface area contributed by atoms with Gasteiger partial charge in [-0.3, -0.25) is 4.90 Å². The highest BCUT2D eigenvalue weighted by molar-refractivity contribution is 4.91. The zero-order valence-corrected chi connectivity index (χ0v) is 7.25. The van der Waals surface area contributed by atoms with Crippen LogP contribution >= 0.6 is 0 Å². The lowest BCUT2D eigenvalue weighted by atomic mass is 10.1. The topological polar surface area (TPSA) is 12.5 Å². The molecule has 2 nitrogen and oxygen atoms in total. The van der Waals surface area contributed by atoms with E-state index in [1.807, 2.05) is 0 Å². The van der Waals surface area contributed by atoms with Crippen LogP contribution in [-0.2, 0) is 4.74 Å². The van der Waals surface area contributed by atoms with Crippen molar-refractivity contribution in [3.8, 4) is 0 Å². The Morgan fingerprint density at radius 3 is 3.18 bits per heavy atom. The summed E-state index contributed by atoms with van der Waals surface area (Å²) < 4.78 is 5.61. The first kappa shape index (κ1) is 7.56. The third kappa shape index (κ3) is 1.30. The van der Waals surface area contributed by atoms with E-state index in [1.54, 1.807) is 0 Å². The molecule has 64 valence electrons. The lowest BCUT2D eigenvalue weighted by molar-refractivity contribution is 0.105. The first-order chi connectivity index (χ1) is 5.42. The Bertz CT molecular complexity index is 136. The molecule has 2 aliphatic heterocycles. The van der Waals surface area contributed by atoms with Crippen LogP contribution in [0.5, 0.6) is 0 Å². The summed E-state index contributed by atoms with van der Waals surface area (Å²) in [7, 11) is 0. The van der Waals surface area contributed by atoms with Crippen molar-refractivity contribution < 1.29 is 4.74 Å². The average molecular weight is 155 g/mol. The van der Waals surface area contributed by atoms with E-state index in [1.165, 1.54) is 32.4 Å². The van der Waals surface area contributed by atoms with Gasteiger partial charge in [-0.1, -0.05) is 6.92 Å². The number of hydrogen-bond acceptors (Lipinski definition) is 2. The Balaban J connectivity index is 1.92. The molecule has 2 atom stereocenters. The zero-order valence-electron chi connectivity index (χ0n) is 7.25. The summed E-state index contributed by atoms with van der Waals surface area (Å²) in [5, 5.41) is 0. The maximum Gasteiger partial charge on any atom is 0.0743 e. The SMILES string of the molecule is CCCN1CC[C@@H]2OCC[C@@H]21. The molecule has 0 radical (unpaired) electrons. The van der Waals surface area contributed by atoms with E-state index in [2.05, 4.69) is 11.8 Å². The van der Waals surface area contributed by atoms with Gasteiger partial charge in [-0.25, -0.2) is 0 Å². The largest absolute Gasteiger partial charge is 0.376 e. The lowest BCUT2D eigenvalue weighted by Crippen LogP contribution is -2.32. The molecule has 2 fully saturated rings. The van der Waals surface area contributed by atoms with Crippen LogP contribution in [0.4, 0.5) is 0 Å². The molecular weight excluding hydrogens is 138 g/mol. The van der Waals surface area contributed by atoms with Gasteiger partial charge in [0.1, 0.15) is 0 Å². The van der Waals surface area contributed by atoms with Crippen LogP contribution in [0.3, 0.4) is 0 Å². The summed E-state index contributed by atoms with van der Waals surface area (Å²) in [6, 6.07) is 0.773. The Labute approximate surface area is 68.5 Å². The first-order valence-corrected chi connectivity index (χ1v) is 4.77. The minimum absolute atomic E-state index is 0.585. The van der Waals surface area contributed by atoms with Gasteiger partial charge in [0.05, 0.1) is 6.10 Å². The molecule has 0 aromatic heterocycles. The molecule has 0 unspecified atom stereocenters. The molecule has 0 aliphatic carbocycles. The predicted molar refractivity (Wildman–Crippen MR) is 44.6 cm³/mol. The van der Waals surface area contributed by atoms with Crippen molar-refractivity contribution in [2.45, 2.75) is 38.3 Å². The van der Waals surface area contributed by atoms with E-state index < -0.39 is 0 Å². The van der Waals surface area contributed by atoms with Gasteiger partial charge >= 0.3 is 0 Å². The van der Waals surface area contributed by atoms with Crippen molar-refractivity contribution in [2.75, 3.05) is 19.7 Å². The summed E-state index contributed by atoms with van der Waals surface area (Å²) in [5.74, 6) is 0. The number of ether oxygens (including phenoxy) is 1. The summed E-state index contributed by atoms with van der Waals surface area (Å²) in [6.07, 6.45) is 4.40. The number of nitrogens with zero attached hydrogens (tertiary/aromatic N) is 1. The second kappa shape index (κ2) is 3.11. The molecule has 0 aromatic carbocycles. The fraction of sp³-hybridized carbons (Fsp3) is 1.00. The molecule has 0 saturated carbocycles. The maximum absolute atomic E-state index is 5.61. The summed E-state index contributed by atoms with van der Waals surface area (Å²) in [5.41, 5.74) is 0. The molecule has 0 N–H and O–H groups in total.